The van der Waals surface area contributed by atoms with Crippen LogP contribution in [-0.4, -0.2) is 27.4 Å². The van der Waals surface area contributed by atoms with Gasteiger partial charge < -0.3 is 15.0 Å². The average Bonchev–Trinajstić information content (AvgIpc) is 2.93. The quantitative estimate of drug-likeness (QED) is 0.702. The summed E-state index contributed by atoms with van der Waals surface area (Å²) in [6, 6.07) is 0. The second-order valence-corrected chi connectivity index (χ2v) is 11.4. The largest absolute Gasteiger partial charge is 0.454 e. The third-order valence-corrected chi connectivity index (χ3v) is 8.76. The molecule has 4 fully saturated rings. The van der Waals surface area contributed by atoms with E-state index in [4.69, 9.17) is 4.74 Å². The zero-order chi connectivity index (χ0) is 22.1. The van der Waals surface area contributed by atoms with Crippen molar-refractivity contribution in [3.63, 3.8) is 0 Å². The van der Waals surface area contributed by atoms with E-state index in [9.17, 15) is 14.4 Å². The molecule has 4 bridgehead atoms. The summed E-state index contributed by atoms with van der Waals surface area (Å²) in [6.07, 6.45) is 4.69. The summed E-state index contributed by atoms with van der Waals surface area (Å²) in [7, 11) is 0. The Balaban J connectivity index is 1.40. The highest BCUT2D eigenvalue weighted by atomic mass is 32.1. The molecule has 0 spiro atoms. The average molecular weight is 444 g/mol. The minimum atomic E-state index is -0.642. The smallest absolute Gasteiger partial charge is 0.312 e. The monoisotopic (exact) mass is 443 g/mol. The number of aromatic nitrogens is 2. The maximum atomic E-state index is 13.5. The molecule has 2 N–H and O–H groups in total. The first-order valence-corrected chi connectivity index (χ1v) is 11.9. The van der Waals surface area contributed by atoms with E-state index in [1.807, 2.05) is 13.8 Å². The highest BCUT2D eigenvalue weighted by Crippen LogP contribution is 2.62. The minimum Gasteiger partial charge on any atom is -0.454 e. The summed E-state index contributed by atoms with van der Waals surface area (Å²) in [5.74, 6) is 1.03. The number of fused-ring (bicyclic) bond motifs is 1. The number of amides is 1. The number of nitrogens with one attached hydrogen (secondary N) is 2. The molecule has 8 heteroatoms. The Kier molecular flexibility index (Phi) is 4.59. The molecule has 2 aromatic heterocycles. The van der Waals surface area contributed by atoms with Crippen LogP contribution < -0.4 is 10.9 Å². The maximum absolute atomic E-state index is 13.5. The summed E-state index contributed by atoms with van der Waals surface area (Å²) in [5.41, 5.74) is -0.0808. The van der Waals surface area contributed by atoms with E-state index in [-0.39, 0.29) is 23.0 Å². The molecular formula is C23H29N3O4S. The molecule has 5 atom stereocenters. The van der Waals surface area contributed by atoms with Gasteiger partial charge in [0.25, 0.3) is 5.56 Å². The van der Waals surface area contributed by atoms with E-state index in [1.54, 1.807) is 13.8 Å². The summed E-state index contributed by atoms with van der Waals surface area (Å²) in [5, 5.41) is 3.80. The van der Waals surface area contributed by atoms with Gasteiger partial charge in [0.1, 0.15) is 4.83 Å². The molecule has 6 rings (SSSR count). The fraction of sp³-hybridized carbons (Fsp3) is 0.652. The van der Waals surface area contributed by atoms with Crippen LogP contribution in [0.4, 0.5) is 0 Å². The van der Waals surface area contributed by atoms with Crippen LogP contribution in [0.2, 0.25) is 0 Å². The fourth-order valence-corrected chi connectivity index (χ4v) is 7.86. The van der Waals surface area contributed by atoms with Gasteiger partial charge in [0.05, 0.1) is 10.8 Å². The van der Waals surface area contributed by atoms with Crippen molar-refractivity contribution in [2.45, 2.75) is 77.9 Å². The summed E-state index contributed by atoms with van der Waals surface area (Å²) in [4.78, 5) is 47.1. The molecule has 7 nitrogen and oxygen atoms in total. The van der Waals surface area contributed by atoms with Crippen molar-refractivity contribution in [2.75, 3.05) is 0 Å². The number of rotatable bonds is 4. The molecule has 0 saturated heterocycles. The van der Waals surface area contributed by atoms with Crippen LogP contribution in [0.3, 0.4) is 0 Å². The number of aryl methyl sites for hydroxylation is 2. The zero-order valence-electron chi connectivity index (χ0n) is 18.5. The van der Waals surface area contributed by atoms with Gasteiger partial charge in [-0.1, -0.05) is 0 Å². The number of thiophene rings is 1. The van der Waals surface area contributed by atoms with Gasteiger partial charge in [-0.05, 0) is 76.7 Å². The molecule has 1 amide bonds. The molecule has 166 valence electrons. The molecular weight excluding hydrogens is 414 g/mol. The fourth-order valence-electron chi connectivity index (χ4n) is 6.83. The van der Waals surface area contributed by atoms with Gasteiger partial charge in [-0.25, -0.2) is 4.98 Å². The van der Waals surface area contributed by atoms with Gasteiger partial charge in [0, 0.05) is 17.3 Å². The van der Waals surface area contributed by atoms with E-state index < -0.39 is 11.5 Å². The number of H-pyrrole nitrogens is 1. The Morgan fingerprint density at radius 1 is 1.23 bits per heavy atom. The molecule has 0 aliphatic heterocycles. The number of hydrogen-bond acceptors (Lipinski definition) is 6. The van der Waals surface area contributed by atoms with Crippen molar-refractivity contribution >= 4 is 33.4 Å². The number of aromatic amines is 1. The lowest BCUT2D eigenvalue weighted by Gasteiger charge is -2.60. The van der Waals surface area contributed by atoms with Crippen LogP contribution in [0.1, 0.15) is 74.7 Å². The van der Waals surface area contributed by atoms with Gasteiger partial charge in [0.2, 0.25) is 5.91 Å². The predicted molar refractivity (Wildman–Crippen MR) is 118 cm³/mol. The van der Waals surface area contributed by atoms with Crippen LogP contribution in [0.5, 0.6) is 0 Å². The van der Waals surface area contributed by atoms with Crippen molar-refractivity contribution in [2.24, 2.45) is 17.3 Å². The first-order valence-electron chi connectivity index (χ1n) is 11.1. The summed E-state index contributed by atoms with van der Waals surface area (Å²) >= 11 is 1.48. The zero-order valence-corrected chi connectivity index (χ0v) is 19.3. The van der Waals surface area contributed by atoms with E-state index >= 15 is 0 Å². The van der Waals surface area contributed by atoms with Crippen molar-refractivity contribution in [1.29, 1.82) is 0 Å². The Hall–Kier alpha value is -2.22. The van der Waals surface area contributed by atoms with Gasteiger partial charge in [0.15, 0.2) is 11.9 Å². The van der Waals surface area contributed by atoms with E-state index in [0.29, 0.717) is 34.3 Å². The van der Waals surface area contributed by atoms with Crippen LogP contribution >= 0.6 is 11.3 Å². The molecule has 0 aromatic carbocycles. The van der Waals surface area contributed by atoms with Crippen LogP contribution in [-0.2, 0) is 14.3 Å². The second kappa shape index (κ2) is 6.89. The molecule has 2 unspecified atom stereocenters. The number of ether oxygens (including phenoxy) is 1. The Morgan fingerprint density at radius 3 is 2.55 bits per heavy atom. The number of carbonyl (C=O) groups is 2. The molecule has 4 saturated carbocycles. The van der Waals surface area contributed by atoms with Crippen LogP contribution in [0.25, 0.3) is 10.2 Å². The van der Waals surface area contributed by atoms with Crippen LogP contribution in [0.15, 0.2) is 4.79 Å². The Bertz CT molecular complexity index is 1140. The first kappa shape index (κ1) is 20.7. The lowest BCUT2D eigenvalue weighted by molar-refractivity contribution is -0.181. The van der Waals surface area contributed by atoms with E-state index in [1.165, 1.54) is 11.3 Å². The molecule has 31 heavy (non-hydrogen) atoms. The number of carbonyl (C=O) groups excluding carboxylic acids is 2. The van der Waals surface area contributed by atoms with Crippen LogP contribution in [0, 0.1) is 31.1 Å². The minimum absolute atomic E-state index is 0.0320. The second-order valence-electron chi connectivity index (χ2n) is 10.2. The molecule has 4 aliphatic rings. The lowest BCUT2D eigenvalue weighted by atomic mass is 9.47. The number of nitrogens with zero attached hydrogens (tertiary/aromatic N) is 1. The topological polar surface area (TPSA) is 101 Å². The Labute approximate surface area is 185 Å². The number of esters is 1. The van der Waals surface area contributed by atoms with Crippen molar-refractivity contribution in [3.8, 4) is 0 Å². The highest BCUT2D eigenvalue weighted by Gasteiger charge is 2.61. The van der Waals surface area contributed by atoms with Gasteiger partial charge in [-0.3, -0.25) is 14.4 Å². The lowest BCUT2D eigenvalue weighted by Crippen LogP contribution is -2.64. The number of hydrogen-bond donors (Lipinski definition) is 2. The molecule has 2 heterocycles. The third-order valence-electron chi connectivity index (χ3n) is 7.66. The predicted octanol–water partition coefficient (Wildman–Crippen LogP) is 3.68. The van der Waals surface area contributed by atoms with Crippen molar-refractivity contribution in [3.05, 3.63) is 26.6 Å². The molecule has 4 aliphatic carbocycles. The van der Waals surface area contributed by atoms with E-state index in [0.717, 1.165) is 42.5 Å². The Morgan fingerprint density at radius 2 is 1.90 bits per heavy atom. The molecule has 0 radical (unpaired) electrons. The first-order chi connectivity index (χ1) is 14.6. The SMILES string of the molecule is CC(=O)NC12C[C@H]3C[C@@H](C1)CC(C(=O)O[C@@H](C)c1nc4sc(C)c(C)c4c(=O)[nH]1)(C3)C2. The van der Waals surface area contributed by atoms with Gasteiger partial charge in [-0.2, -0.15) is 0 Å². The van der Waals surface area contributed by atoms with Crippen molar-refractivity contribution in [1.82, 2.24) is 15.3 Å². The third kappa shape index (κ3) is 3.30. The summed E-state index contributed by atoms with van der Waals surface area (Å²) in [6.45, 7) is 7.21. The highest BCUT2D eigenvalue weighted by molar-refractivity contribution is 7.18. The standard InChI is InChI=1S/C23H29N3O4S/c1-11-13(3)31-20-17(11)19(28)24-18(25-20)12(2)30-21(29)22-6-15-5-16(7-22)9-23(8-15,10-22)26-14(4)27/h12,15-16H,5-10H2,1-4H3,(H,26,27)(H,24,25,28)/t12-,15-,16+,22?,23?/m0/s1. The normalized spacial score (nSPS) is 32.3. The maximum Gasteiger partial charge on any atom is 0.312 e. The van der Waals surface area contributed by atoms with Gasteiger partial charge in [-0.15, -0.1) is 11.3 Å². The molecule has 2 aromatic rings. The van der Waals surface area contributed by atoms with Crippen molar-refractivity contribution < 1.29 is 14.3 Å². The van der Waals surface area contributed by atoms with E-state index in [2.05, 4.69) is 15.3 Å². The van der Waals surface area contributed by atoms with Gasteiger partial charge >= 0.3 is 5.97 Å². The summed E-state index contributed by atoms with van der Waals surface area (Å²) < 4.78 is 5.93.